The van der Waals surface area contributed by atoms with Gasteiger partial charge < -0.3 is 9.13 Å². The molecule has 0 aliphatic carbocycles. The molecule has 0 saturated heterocycles. The van der Waals surface area contributed by atoms with Gasteiger partial charge in [0.05, 0.1) is 56.7 Å². The number of para-hydroxylation sites is 2. The summed E-state index contributed by atoms with van der Waals surface area (Å²) in [4.78, 5) is 18.0. The first-order valence-corrected chi connectivity index (χ1v) is 17.8. The summed E-state index contributed by atoms with van der Waals surface area (Å²) in [6.07, 6.45) is 6.91. The first-order valence-electron chi connectivity index (χ1n) is 17.8. The van der Waals surface area contributed by atoms with Crippen LogP contribution in [0.25, 0.3) is 88.9 Å². The Morgan fingerprint density at radius 2 is 0.804 bits per heavy atom. The molecule has 6 aromatic carbocycles. The van der Waals surface area contributed by atoms with Crippen LogP contribution < -0.4 is 0 Å². The second kappa shape index (κ2) is 12.9. The topological polar surface area (TPSA) is 133 Å². The van der Waals surface area contributed by atoms with E-state index in [4.69, 9.17) is 0 Å². The molecule has 4 heterocycles. The van der Waals surface area contributed by atoms with Crippen molar-refractivity contribution < 1.29 is 0 Å². The third-order valence-corrected chi connectivity index (χ3v) is 10.2. The maximum Gasteiger partial charge on any atom is 0.159 e. The van der Waals surface area contributed by atoms with E-state index in [1.165, 1.54) is 0 Å². The zero-order valence-corrected chi connectivity index (χ0v) is 29.5. The van der Waals surface area contributed by atoms with Gasteiger partial charge in [-0.2, -0.15) is 15.8 Å². The fourth-order valence-electron chi connectivity index (χ4n) is 7.81. The lowest BCUT2D eigenvalue weighted by atomic mass is 9.97. The molecule has 4 aromatic heterocycles. The maximum atomic E-state index is 11.3. The summed E-state index contributed by atoms with van der Waals surface area (Å²) < 4.78 is 4.26. The Bertz CT molecular complexity index is 3130. The minimum absolute atomic E-state index is 0.367. The quantitative estimate of drug-likeness (QED) is 0.173. The summed E-state index contributed by atoms with van der Waals surface area (Å²) in [7, 11) is 0. The third-order valence-electron chi connectivity index (χ3n) is 10.2. The first kappa shape index (κ1) is 32.2. The third kappa shape index (κ3) is 5.07. The molecule has 10 rings (SSSR count). The van der Waals surface area contributed by atoms with Crippen LogP contribution in [0.2, 0.25) is 0 Å². The first-order chi connectivity index (χ1) is 27.6. The van der Waals surface area contributed by atoms with Gasteiger partial charge in [0, 0.05) is 57.5 Å². The Kier molecular flexibility index (Phi) is 7.42. The van der Waals surface area contributed by atoms with Crippen LogP contribution in [-0.2, 0) is 0 Å². The van der Waals surface area contributed by atoms with Crippen molar-refractivity contribution in [2.24, 2.45) is 0 Å². The van der Waals surface area contributed by atoms with Crippen molar-refractivity contribution in [3.63, 3.8) is 0 Å². The van der Waals surface area contributed by atoms with Crippen LogP contribution in [0.15, 0.2) is 152 Å². The highest BCUT2D eigenvalue weighted by atomic mass is 15.0. The van der Waals surface area contributed by atoms with Crippen molar-refractivity contribution in [2.75, 3.05) is 0 Å². The zero-order chi connectivity index (χ0) is 37.8. The lowest BCUT2D eigenvalue weighted by molar-refractivity contribution is 1.12. The second-order valence-electron chi connectivity index (χ2n) is 13.3. The normalized spacial score (nSPS) is 11.2. The number of benzene rings is 6. The molecule has 0 amide bonds. The molecule has 0 aliphatic heterocycles. The molecule has 258 valence electrons. The summed E-state index contributed by atoms with van der Waals surface area (Å²) in [5.41, 5.74) is 9.25. The monoisotopic (exact) mass is 715 g/mol. The minimum Gasteiger partial charge on any atom is -0.308 e. The van der Waals surface area contributed by atoms with Gasteiger partial charge in [-0.05, 0) is 102 Å². The smallest absolute Gasteiger partial charge is 0.159 e. The predicted octanol–water partition coefficient (Wildman–Crippen LogP) is 10.1. The summed E-state index contributed by atoms with van der Waals surface area (Å²) in [5, 5.41) is 35.2. The highest BCUT2D eigenvalue weighted by Gasteiger charge is 2.23. The van der Waals surface area contributed by atoms with Crippen LogP contribution in [0, 0.1) is 34.0 Å². The van der Waals surface area contributed by atoms with E-state index in [1.54, 1.807) is 55.1 Å². The lowest BCUT2D eigenvalue weighted by Crippen LogP contribution is -2.05. The Balaban J connectivity index is 1.32. The SMILES string of the molecule is N#Cc1cc(C#N)cc(-c2cc(-n3c4ccccc4c4cc(-c5ncccn5)ccc43)c(C#N)c(-n3c4ccccc4c4cc(-c5ncccn5)ccc43)c2)c1. The summed E-state index contributed by atoms with van der Waals surface area (Å²) in [6.45, 7) is 0. The summed E-state index contributed by atoms with van der Waals surface area (Å²) in [5.74, 6) is 1.24. The standard InChI is InChI=1S/C47H25N9/c48-26-29-19-30(27-49)21-33(20-29)34-24-44(55-40-9-3-1-7-35(40)37-22-31(11-13-42(37)55)46-51-15-5-16-52-46)39(28-50)45(25-34)56-41-10-4-2-8-36(41)38-23-32(12-14-43(38)56)47-53-17-6-18-54-47/h1-25H. The predicted molar refractivity (Wildman–Crippen MR) is 217 cm³/mol. The molecule has 10 aromatic rings. The van der Waals surface area contributed by atoms with E-state index in [2.05, 4.69) is 83.7 Å². The molecule has 0 radical (unpaired) electrons. The highest BCUT2D eigenvalue weighted by Crippen LogP contribution is 2.41. The molecule has 0 unspecified atom stereocenters. The average molecular weight is 716 g/mol. The molecule has 0 spiro atoms. The van der Waals surface area contributed by atoms with Crippen molar-refractivity contribution in [1.29, 1.82) is 15.8 Å². The van der Waals surface area contributed by atoms with Crippen molar-refractivity contribution in [1.82, 2.24) is 29.1 Å². The van der Waals surface area contributed by atoms with Crippen molar-refractivity contribution >= 4 is 43.6 Å². The van der Waals surface area contributed by atoms with Gasteiger partial charge in [0.15, 0.2) is 11.6 Å². The molecule has 56 heavy (non-hydrogen) atoms. The number of fused-ring (bicyclic) bond motifs is 6. The van der Waals surface area contributed by atoms with Gasteiger partial charge in [-0.25, -0.2) is 19.9 Å². The Morgan fingerprint density at radius 1 is 0.375 bits per heavy atom. The summed E-state index contributed by atoms with van der Waals surface area (Å²) in [6, 6.07) is 48.3. The lowest BCUT2D eigenvalue weighted by Gasteiger charge is -2.18. The van der Waals surface area contributed by atoms with Crippen LogP contribution in [-0.4, -0.2) is 29.1 Å². The molecule has 0 aliphatic rings. The maximum absolute atomic E-state index is 11.3. The van der Waals surface area contributed by atoms with Crippen molar-refractivity contribution in [2.45, 2.75) is 0 Å². The highest BCUT2D eigenvalue weighted by molar-refractivity contribution is 6.12. The van der Waals surface area contributed by atoms with E-state index < -0.39 is 0 Å². The largest absolute Gasteiger partial charge is 0.308 e. The molecular weight excluding hydrogens is 691 g/mol. The number of aromatic nitrogens is 6. The number of hydrogen-bond acceptors (Lipinski definition) is 7. The van der Waals surface area contributed by atoms with Gasteiger partial charge in [-0.15, -0.1) is 0 Å². The Labute approximate surface area is 319 Å². The van der Waals surface area contributed by atoms with Crippen LogP contribution in [0.5, 0.6) is 0 Å². The molecule has 0 atom stereocenters. The van der Waals surface area contributed by atoms with Crippen molar-refractivity contribution in [3.05, 3.63) is 169 Å². The van der Waals surface area contributed by atoms with E-state index in [0.717, 1.165) is 60.3 Å². The Morgan fingerprint density at radius 3 is 1.25 bits per heavy atom. The van der Waals surface area contributed by atoms with Gasteiger partial charge in [-0.1, -0.05) is 36.4 Å². The molecule has 0 saturated carbocycles. The van der Waals surface area contributed by atoms with Gasteiger partial charge >= 0.3 is 0 Å². The molecule has 0 N–H and O–H groups in total. The van der Waals surface area contributed by atoms with Gasteiger partial charge in [0.1, 0.15) is 11.6 Å². The average Bonchev–Trinajstić information content (AvgIpc) is 3.78. The van der Waals surface area contributed by atoms with E-state index in [0.29, 0.717) is 45.3 Å². The van der Waals surface area contributed by atoms with E-state index >= 15 is 0 Å². The fraction of sp³-hybridized carbons (Fsp3) is 0. The number of rotatable bonds is 5. The number of nitrogens with zero attached hydrogens (tertiary/aromatic N) is 9. The van der Waals surface area contributed by atoms with E-state index in [1.807, 2.05) is 60.7 Å². The van der Waals surface area contributed by atoms with Crippen molar-refractivity contribution in [3.8, 4) is 63.5 Å². The van der Waals surface area contributed by atoms with Gasteiger partial charge in [0.2, 0.25) is 0 Å². The molecular formula is C47H25N9. The van der Waals surface area contributed by atoms with Crippen LogP contribution >= 0.6 is 0 Å². The van der Waals surface area contributed by atoms with E-state index in [9.17, 15) is 15.8 Å². The molecule has 9 heteroatoms. The molecule has 9 nitrogen and oxygen atoms in total. The number of hydrogen-bond donors (Lipinski definition) is 0. The minimum atomic E-state index is 0.367. The fourth-order valence-corrected chi connectivity index (χ4v) is 7.81. The molecule has 0 fully saturated rings. The van der Waals surface area contributed by atoms with E-state index in [-0.39, 0.29) is 0 Å². The number of nitriles is 3. The van der Waals surface area contributed by atoms with Gasteiger partial charge in [-0.3, -0.25) is 0 Å². The van der Waals surface area contributed by atoms with Crippen LogP contribution in [0.4, 0.5) is 0 Å². The van der Waals surface area contributed by atoms with Crippen LogP contribution in [0.1, 0.15) is 16.7 Å². The van der Waals surface area contributed by atoms with Crippen LogP contribution in [0.3, 0.4) is 0 Å². The second-order valence-corrected chi connectivity index (χ2v) is 13.3. The zero-order valence-electron chi connectivity index (χ0n) is 29.5. The Hall–Kier alpha value is -8.45. The van der Waals surface area contributed by atoms with Gasteiger partial charge in [0.25, 0.3) is 0 Å². The summed E-state index contributed by atoms with van der Waals surface area (Å²) >= 11 is 0. The molecule has 0 bridgehead atoms.